The summed E-state index contributed by atoms with van der Waals surface area (Å²) in [5.74, 6) is -2.31. The number of carbonyl (C=O) groups excluding carboxylic acids is 2. The van der Waals surface area contributed by atoms with Crippen molar-refractivity contribution in [1.82, 2.24) is 9.88 Å². The zero-order valence-electron chi connectivity index (χ0n) is 15.6. The number of aromatic nitrogens is 1. The molecule has 2 aromatic carbocycles. The molecule has 0 spiro atoms. The third-order valence-corrected chi connectivity index (χ3v) is 5.17. The van der Waals surface area contributed by atoms with Gasteiger partial charge in [0.2, 0.25) is 0 Å². The third-order valence-electron chi connectivity index (χ3n) is 4.92. The Kier molecular flexibility index (Phi) is 5.33. The minimum absolute atomic E-state index is 0.0576. The molecular formula is C23H16ClFN2O3. The van der Waals surface area contributed by atoms with Crippen LogP contribution >= 0.6 is 11.6 Å². The molecule has 2 heterocycles. The first kappa shape index (κ1) is 19.8. The molecule has 1 aliphatic heterocycles. The average Bonchev–Trinajstić information content (AvgIpc) is 3.00. The van der Waals surface area contributed by atoms with Gasteiger partial charge in [0.05, 0.1) is 11.6 Å². The lowest BCUT2D eigenvalue weighted by Gasteiger charge is -2.25. The number of hydrogen-bond acceptors (Lipinski definition) is 4. The van der Waals surface area contributed by atoms with Crippen molar-refractivity contribution in [2.24, 2.45) is 0 Å². The quantitative estimate of drug-likeness (QED) is 0.382. The number of aliphatic hydroxyl groups is 1. The van der Waals surface area contributed by atoms with Gasteiger partial charge in [-0.2, -0.15) is 0 Å². The highest BCUT2D eigenvalue weighted by molar-refractivity contribution is 6.46. The van der Waals surface area contributed by atoms with Crippen molar-refractivity contribution in [3.05, 3.63) is 106 Å². The van der Waals surface area contributed by atoms with E-state index in [9.17, 15) is 19.1 Å². The van der Waals surface area contributed by atoms with E-state index in [2.05, 4.69) is 4.98 Å². The molecule has 0 bridgehead atoms. The van der Waals surface area contributed by atoms with Crippen molar-refractivity contribution in [2.45, 2.75) is 12.6 Å². The summed E-state index contributed by atoms with van der Waals surface area (Å²) in [6.45, 7) is 0.109. The number of carbonyl (C=O) groups is 2. The lowest BCUT2D eigenvalue weighted by molar-refractivity contribution is -0.140. The number of ketones is 1. The van der Waals surface area contributed by atoms with Gasteiger partial charge in [-0.05, 0) is 53.6 Å². The molecule has 1 N–H and O–H groups in total. The fraction of sp³-hybridized carbons (Fsp3) is 0.0870. The van der Waals surface area contributed by atoms with Crippen LogP contribution in [0.1, 0.15) is 22.7 Å². The van der Waals surface area contributed by atoms with Crippen LogP contribution in [0.5, 0.6) is 0 Å². The minimum atomic E-state index is -0.874. The van der Waals surface area contributed by atoms with Crippen LogP contribution in [-0.2, 0) is 16.1 Å². The Morgan fingerprint density at radius 1 is 1.07 bits per heavy atom. The highest BCUT2D eigenvalue weighted by Crippen LogP contribution is 2.40. The van der Waals surface area contributed by atoms with Crippen LogP contribution in [0, 0.1) is 5.82 Å². The first-order valence-electron chi connectivity index (χ1n) is 9.14. The fourth-order valence-electron chi connectivity index (χ4n) is 3.49. The normalized spacial score (nSPS) is 18.1. The van der Waals surface area contributed by atoms with Crippen molar-refractivity contribution in [3.63, 3.8) is 0 Å². The highest BCUT2D eigenvalue weighted by Gasteiger charge is 2.46. The maximum Gasteiger partial charge on any atom is 0.295 e. The maximum absolute atomic E-state index is 13.5. The number of halogens is 2. The van der Waals surface area contributed by atoms with E-state index in [1.54, 1.807) is 48.8 Å². The Morgan fingerprint density at radius 3 is 2.40 bits per heavy atom. The monoisotopic (exact) mass is 422 g/mol. The van der Waals surface area contributed by atoms with Crippen molar-refractivity contribution >= 4 is 29.1 Å². The highest BCUT2D eigenvalue weighted by atomic mass is 35.5. The van der Waals surface area contributed by atoms with E-state index < -0.39 is 23.5 Å². The molecule has 0 saturated carbocycles. The molecule has 1 atom stereocenters. The zero-order chi connectivity index (χ0) is 21.3. The fourth-order valence-corrected chi connectivity index (χ4v) is 3.61. The molecule has 0 radical (unpaired) electrons. The predicted octanol–water partition coefficient (Wildman–Crippen LogP) is 4.50. The Hall–Kier alpha value is -3.51. The second-order valence-electron chi connectivity index (χ2n) is 6.85. The Labute approximate surface area is 177 Å². The molecular weight excluding hydrogens is 407 g/mol. The van der Waals surface area contributed by atoms with Gasteiger partial charge in [-0.3, -0.25) is 14.6 Å². The van der Waals surface area contributed by atoms with E-state index in [1.807, 2.05) is 0 Å². The number of amides is 1. The first-order chi connectivity index (χ1) is 14.5. The number of Topliss-reactive ketones (excluding diaryl/α,β-unsaturated/α-hetero) is 1. The van der Waals surface area contributed by atoms with Gasteiger partial charge in [0.1, 0.15) is 11.6 Å². The molecule has 3 aromatic rings. The van der Waals surface area contributed by atoms with Crippen molar-refractivity contribution in [3.8, 4) is 0 Å². The summed E-state index contributed by atoms with van der Waals surface area (Å²) in [5.41, 5.74) is 1.52. The van der Waals surface area contributed by atoms with Crippen LogP contribution in [0.4, 0.5) is 4.39 Å². The van der Waals surface area contributed by atoms with Crippen LogP contribution in [0.2, 0.25) is 5.02 Å². The Bertz CT molecular complexity index is 1130. The van der Waals surface area contributed by atoms with Gasteiger partial charge in [-0.15, -0.1) is 0 Å². The molecule has 0 aliphatic carbocycles. The number of aliphatic hydroxyl groups excluding tert-OH is 1. The summed E-state index contributed by atoms with van der Waals surface area (Å²) < 4.78 is 13.5. The van der Waals surface area contributed by atoms with Gasteiger partial charge in [0.25, 0.3) is 11.7 Å². The number of rotatable bonds is 4. The van der Waals surface area contributed by atoms with Crippen molar-refractivity contribution in [1.29, 1.82) is 0 Å². The number of benzene rings is 2. The van der Waals surface area contributed by atoms with Crippen LogP contribution in [0.25, 0.3) is 5.76 Å². The molecule has 1 fully saturated rings. The summed E-state index contributed by atoms with van der Waals surface area (Å²) in [7, 11) is 0. The maximum atomic E-state index is 13.5. The van der Waals surface area contributed by atoms with Gasteiger partial charge in [0.15, 0.2) is 0 Å². The van der Waals surface area contributed by atoms with E-state index >= 15 is 0 Å². The van der Waals surface area contributed by atoms with Gasteiger partial charge < -0.3 is 10.0 Å². The molecule has 1 aromatic heterocycles. The van der Waals surface area contributed by atoms with Crippen molar-refractivity contribution in [2.75, 3.05) is 0 Å². The van der Waals surface area contributed by atoms with Gasteiger partial charge in [0, 0.05) is 29.5 Å². The number of likely N-dealkylation sites (tertiary alicyclic amines) is 1. The Morgan fingerprint density at radius 2 is 1.77 bits per heavy atom. The van der Waals surface area contributed by atoms with E-state index in [4.69, 9.17) is 11.6 Å². The average molecular weight is 423 g/mol. The molecule has 30 heavy (non-hydrogen) atoms. The summed E-state index contributed by atoms with van der Waals surface area (Å²) in [5, 5.41) is 11.4. The zero-order valence-corrected chi connectivity index (χ0v) is 16.4. The minimum Gasteiger partial charge on any atom is -0.507 e. The van der Waals surface area contributed by atoms with Crippen LogP contribution in [0.15, 0.2) is 78.6 Å². The van der Waals surface area contributed by atoms with E-state index in [1.165, 1.54) is 29.2 Å². The second kappa shape index (κ2) is 8.08. The molecule has 7 heteroatoms. The van der Waals surface area contributed by atoms with Gasteiger partial charge in [-0.1, -0.05) is 29.8 Å². The molecule has 1 aliphatic rings. The van der Waals surface area contributed by atoms with E-state index in [0.717, 1.165) is 5.56 Å². The van der Waals surface area contributed by atoms with Gasteiger partial charge >= 0.3 is 0 Å². The number of hydrogen-bond donors (Lipinski definition) is 1. The molecule has 1 saturated heterocycles. The van der Waals surface area contributed by atoms with E-state index in [0.29, 0.717) is 16.1 Å². The summed E-state index contributed by atoms with van der Waals surface area (Å²) in [6.07, 6.45) is 3.20. The van der Waals surface area contributed by atoms with E-state index in [-0.39, 0.29) is 17.9 Å². The second-order valence-corrected chi connectivity index (χ2v) is 7.28. The summed E-state index contributed by atoms with van der Waals surface area (Å²) in [4.78, 5) is 31.2. The predicted molar refractivity (Wildman–Crippen MR) is 110 cm³/mol. The SMILES string of the molecule is O=C1C(=O)N(Cc2cccnc2)[C@@H](c2ccc(F)cc2)C1=C(O)c1ccc(Cl)cc1. The molecule has 5 nitrogen and oxygen atoms in total. The smallest absolute Gasteiger partial charge is 0.295 e. The summed E-state index contributed by atoms with van der Waals surface area (Å²) in [6, 6.07) is 14.4. The third kappa shape index (κ3) is 3.69. The van der Waals surface area contributed by atoms with Gasteiger partial charge in [-0.25, -0.2) is 4.39 Å². The molecule has 150 valence electrons. The lowest BCUT2D eigenvalue weighted by atomic mass is 9.95. The van der Waals surface area contributed by atoms with Crippen LogP contribution in [-0.4, -0.2) is 26.7 Å². The first-order valence-corrected chi connectivity index (χ1v) is 9.52. The largest absolute Gasteiger partial charge is 0.507 e. The van der Waals surface area contributed by atoms with Crippen molar-refractivity contribution < 1.29 is 19.1 Å². The number of pyridine rings is 1. The number of nitrogens with zero attached hydrogens (tertiary/aromatic N) is 2. The van der Waals surface area contributed by atoms with Crippen LogP contribution in [0.3, 0.4) is 0 Å². The summed E-state index contributed by atoms with van der Waals surface area (Å²) >= 11 is 5.91. The molecule has 1 amide bonds. The van der Waals surface area contributed by atoms with Crippen LogP contribution < -0.4 is 0 Å². The lowest BCUT2D eigenvalue weighted by Crippen LogP contribution is -2.29. The molecule has 4 rings (SSSR count). The topological polar surface area (TPSA) is 70.5 Å². The Balaban J connectivity index is 1.85. The molecule has 0 unspecified atom stereocenters. The standard InChI is InChI=1S/C23H16ClFN2O3/c24-17-7-3-16(4-8-17)21(28)19-20(15-5-9-18(25)10-6-15)27(23(30)22(19)29)13-14-2-1-11-26-12-14/h1-12,20,28H,13H2/t20-/m0/s1.